The summed E-state index contributed by atoms with van der Waals surface area (Å²) >= 11 is 0. The predicted molar refractivity (Wildman–Crippen MR) is 75.2 cm³/mol. The van der Waals surface area contributed by atoms with Gasteiger partial charge in [0.1, 0.15) is 10.6 Å². The van der Waals surface area contributed by atoms with Gasteiger partial charge in [-0.1, -0.05) is 0 Å². The minimum Gasteiger partial charge on any atom is -0.466 e. The first kappa shape index (κ1) is 17.2. The highest BCUT2D eigenvalue weighted by atomic mass is 32.2. The van der Waals surface area contributed by atoms with E-state index in [-0.39, 0.29) is 36.1 Å². The van der Waals surface area contributed by atoms with E-state index >= 15 is 0 Å². The quantitative estimate of drug-likeness (QED) is 0.667. The maximum Gasteiger partial charge on any atom is 0.307 e. The second-order valence-corrected chi connectivity index (χ2v) is 5.97. The summed E-state index contributed by atoms with van der Waals surface area (Å²) in [6.07, 6.45) is 1.28. The largest absolute Gasteiger partial charge is 0.466 e. The second kappa shape index (κ2) is 7.23. The molecule has 1 amide bonds. The van der Waals surface area contributed by atoms with Crippen LogP contribution in [0.3, 0.4) is 0 Å². The predicted octanol–water partition coefficient (Wildman–Crippen LogP) is -0.384. The van der Waals surface area contributed by atoms with Gasteiger partial charge < -0.3 is 14.6 Å². The van der Waals surface area contributed by atoms with Gasteiger partial charge in [-0.2, -0.15) is 0 Å². The van der Waals surface area contributed by atoms with Crippen LogP contribution in [0.1, 0.15) is 23.8 Å². The van der Waals surface area contributed by atoms with E-state index < -0.39 is 16.0 Å². The molecule has 0 aromatic carbocycles. The smallest absolute Gasteiger partial charge is 0.307 e. The zero-order valence-electron chi connectivity index (χ0n) is 12.2. The van der Waals surface area contributed by atoms with Crippen molar-refractivity contribution in [1.82, 2.24) is 14.6 Å². The van der Waals surface area contributed by atoms with Gasteiger partial charge in [-0.05, 0) is 13.0 Å². The molecule has 1 heterocycles. The van der Waals surface area contributed by atoms with E-state index in [1.807, 2.05) is 0 Å². The summed E-state index contributed by atoms with van der Waals surface area (Å²) in [6.45, 7) is 1.86. The summed E-state index contributed by atoms with van der Waals surface area (Å²) < 4.78 is 32.5. The third-order valence-corrected chi connectivity index (χ3v) is 4.10. The van der Waals surface area contributed by atoms with Crippen molar-refractivity contribution in [1.29, 1.82) is 0 Å². The zero-order chi connectivity index (χ0) is 16.0. The topological polar surface area (TPSA) is 106 Å². The zero-order valence-corrected chi connectivity index (χ0v) is 13.0. The number of carbonyl (C=O) groups is 2. The molecule has 0 unspecified atom stereocenters. The van der Waals surface area contributed by atoms with Crippen LogP contribution < -0.4 is 10.0 Å². The van der Waals surface area contributed by atoms with Gasteiger partial charge in [-0.25, -0.2) is 13.1 Å². The van der Waals surface area contributed by atoms with E-state index in [2.05, 4.69) is 10.0 Å². The molecule has 1 aromatic rings. The Morgan fingerprint density at radius 3 is 2.62 bits per heavy atom. The van der Waals surface area contributed by atoms with Crippen LogP contribution >= 0.6 is 0 Å². The molecule has 0 atom stereocenters. The van der Waals surface area contributed by atoms with Crippen LogP contribution in [-0.4, -0.2) is 45.1 Å². The van der Waals surface area contributed by atoms with E-state index in [0.29, 0.717) is 0 Å². The lowest BCUT2D eigenvalue weighted by molar-refractivity contribution is -0.142. The fourth-order valence-corrected chi connectivity index (χ4v) is 2.74. The van der Waals surface area contributed by atoms with Gasteiger partial charge in [0.05, 0.1) is 13.0 Å². The molecule has 0 aliphatic carbocycles. The first-order chi connectivity index (χ1) is 9.81. The maximum absolute atomic E-state index is 12.0. The number of aromatic nitrogens is 1. The minimum atomic E-state index is -3.77. The third kappa shape index (κ3) is 4.57. The van der Waals surface area contributed by atoms with Crippen LogP contribution in [0.2, 0.25) is 0 Å². The number of hydrogen-bond donors (Lipinski definition) is 2. The molecule has 118 valence electrons. The highest BCUT2D eigenvalue weighted by molar-refractivity contribution is 7.89. The van der Waals surface area contributed by atoms with Crippen molar-refractivity contribution in [2.45, 2.75) is 18.2 Å². The third-order valence-electron chi connectivity index (χ3n) is 2.68. The number of hydrogen-bond acceptors (Lipinski definition) is 5. The average molecular weight is 317 g/mol. The Hall–Kier alpha value is -1.87. The standard InChI is InChI=1S/C12H19N3O5S/c1-4-20-11(16)5-6-14-21(18,19)9-7-10(12(17)13-2)15(3)8-9/h7-8,14H,4-6H2,1-3H3,(H,13,17). The molecule has 9 heteroatoms. The van der Waals surface area contributed by atoms with Gasteiger partial charge in [-0.3, -0.25) is 9.59 Å². The molecule has 0 saturated heterocycles. The van der Waals surface area contributed by atoms with Crippen molar-refractivity contribution >= 4 is 21.9 Å². The second-order valence-electron chi connectivity index (χ2n) is 4.20. The van der Waals surface area contributed by atoms with E-state index in [0.717, 1.165) is 0 Å². The monoisotopic (exact) mass is 317 g/mol. The van der Waals surface area contributed by atoms with Gasteiger partial charge in [0.15, 0.2) is 0 Å². The molecule has 0 aliphatic rings. The molecule has 0 fully saturated rings. The number of rotatable bonds is 7. The molecule has 0 saturated carbocycles. The molecule has 21 heavy (non-hydrogen) atoms. The number of nitrogens with one attached hydrogen (secondary N) is 2. The van der Waals surface area contributed by atoms with Gasteiger partial charge in [0.2, 0.25) is 10.0 Å². The Labute approximate surface area is 123 Å². The van der Waals surface area contributed by atoms with Crippen LogP contribution in [0, 0.1) is 0 Å². The van der Waals surface area contributed by atoms with Gasteiger partial charge in [0.25, 0.3) is 5.91 Å². The van der Waals surface area contributed by atoms with E-state index in [1.165, 1.54) is 23.9 Å². The molecule has 8 nitrogen and oxygen atoms in total. The van der Waals surface area contributed by atoms with E-state index in [4.69, 9.17) is 4.74 Å². The normalized spacial score (nSPS) is 11.2. The van der Waals surface area contributed by atoms with Crippen molar-refractivity contribution in [3.63, 3.8) is 0 Å². The summed E-state index contributed by atoms with van der Waals surface area (Å²) in [5, 5.41) is 2.42. The number of aryl methyl sites for hydroxylation is 1. The number of amides is 1. The Balaban J connectivity index is 2.75. The lowest BCUT2D eigenvalue weighted by Gasteiger charge is -2.04. The molecule has 1 rings (SSSR count). The first-order valence-corrected chi connectivity index (χ1v) is 7.84. The van der Waals surface area contributed by atoms with E-state index in [1.54, 1.807) is 14.0 Å². The van der Waals surface area contributed by atoms with Crippen molar-refractivity contribution in [2.75, 3.05) is 20.2 Å². The summed E-state index contributed by atoms with van der Waals surface area (Å²) in [4.78, 5) is 22.6. The molecule has 1 aromatic heterocycles. The number of sulfonamides is 1. The minimum absolute atomic E-state index is 0.0348. The summed E-state index contributed by atoms with van der Waals surface area (Å²) in [5.41, 5.74) is 0.225. The van der Waals surface area contributed by atoms with Crippen LogP contribution in [-0.2, 0) is 26.6 Å². The highest BCUT2D eigenvalue weighted by Gasteiger charge is 2.20. The molecule has 0 radical (unpaired) electrons. The van der Waals surface area contributed by atoms with Gasteiger partial charge >= 0.3 is 5.97 Å². The average Bonchev–Trinajstić information content (AvgIpc) is 2.81. The number of nitrogens with zero attached hydrogens (tertiary/aromatic N) is 1. The molecular weight excluding hydrogens is 298 g/mol. The summed E-state index contributed by atoms with van der Waals surface area (Å²) in [5.74, 6) is -0.857. The van der Waals surface area contributed by atoms with Crippen LogP contribution in [0.15, 0.2) is 17.2 Å². The summed E-state index contributed by atoms with van der Waals surface area (Å²) in [6, 6.07) is 1.27. The summed E-state index contributed by atoms with van der Waals surface area (Å²) in [7, 11) is -0.742. The fraction of sp³-hybridized carbons (Fsp3) is 0.500. The van der Waals surface area contributed by atoms with Crippen LogP contribution in [0.4, 0.5) is 0 Å². The Morgan fingerprint density at radius 2 is 2.05 bits per heavy atom. The molecule has 0 spiro atoms. The number of carbonyl (C=O) groups excluding carboxylic acids is 2. The van der Waals surface area contributed by atoms with Gasteiger partial charge in [-0.15, -0.1) is 0 Å². The van der Waals surface area contributed by atoms with Crippen LogP contribution in [0.25, 0.3) is 0 Å². The number of ether oxygens (including phenoxy) is 1. The lowest BCUT2D eigenvalue weighted by Crippen LogP contribution is -2.26. The molecular formula is C12H19N3O5S. The molecule has 0 aliphatic heterocycles. The van der Waals surface area contributed by atoms with Crippen molar-refractivity contribution in [2.24, 2.45) is 7.05 Å². The Kier molecular flexibility index (Phi) is 5.91. The van der Waals surface area contributed by atoms with Crippen LogP contribution in [0.5, 0.6) is 0 Å². The van der Waals surface area contributed by atoms with Gasteiger partial charge in [0, 0.05) is 26.8 Å². The maximum atomic E-state index is 12.0. The molecule has 2 N–H and O–H groups in total. The Bertz CT molecular complexity index is 621. The Morgan fingerprint density at radius 1 is 1.38 bits per heavy atom. The highest BCUT2D eigenvalue weighted by Crippen LogP contribution is 2.13. The number of esters is 1. The SMILES string of the molecule is CCOC(=O)CCNS(=O)(=O)c1cc(C(=O)NC)n(C)c1. The molecule has 0 bridgehead atoms. The van der Waals surface area contributed by atoms with Crippen molar-refractivity contribution in [3.8, 4) is 0 Å². The fourth-order valence-electron chi connectivity index (χ4n) is 1.64. The first-order valence-electron chi connectivity index (χ1n) is 6.35. The van der Waals surface area contributed by atoms with E-state index in [9.17, 15) is 18.0 Å². The van der Waals surface area contributed by atoms with Crippen molar-refractivity contribution < 1.29 is 22.7 Å². The lowest BCUT2D eigenvalue weighted by atomic mass is 10.4. The van der Waals surface area contributed by atoms with Crippen molar-refractivity contribution in [3.05, 3.63) is 18.0 Å².